The first-order valence-corrected chi connectivity index (χ1v) is 9.79. The molecule has 1 aromatic rings. The number of benzene rings is 1. The first kappa shape index (κ1) is 20.6. The Bertz CT molecular complexity index is 765. The van der Waals surface area contributed by atoms with E-state index in [1.165, 1.54) is 12.1 Å². The average molecular weight is 403 g/mol. The van der Waals surface area contributed by atoms with Crippen LogP contribution in [-0.4, -0.2) is 63.3 Å². The summed E-state index contributed by atoms with van der Waals surface area (Å²) in [5.41, 5.74) is 0.307. The van der Waals surface area contributed by atoms with Crippen molar-refractivity contribution in [3.63, 3.8) is 0 Å². The Kier molecular flexibility index (Phi) is 6.99. The number of carbonyl (C=O) groups excluding carboxylic acids is 2. The number of hydrogen-bond acceptors (Lipinski definition) is 5. The molecule has 2 aliphatic heterocycles. The fourth-order valence-electron chi connectivity index (χ4n) is 3.00. The summed E-state index contributed by atoms with van der Waals surface area (Å²) in [5, 5.41) is 8.77. The van der Waals surface area contributed by atoms with Crippen molar-refractivity contribution in [2.45, 2.75) is 23.8 Å². The second-order valence-corrected chi connectivity index (χ2v) is 8.15. The summed E-state index contributed by atoms with van der Waals surface area (Å²) >= 11 is 0. The predicted molar refractivity (Wildman–Crippen MR) is 98.8 cm³/mol. The van der Waals surface area contributed by atoms with E-state index in [9.17, 15) is 18.0 Å². The molecule has 3 rings (SSSR count). The first-order valence-electron chi connectivity index (χ1n) is 8.35. The van der Waals surface area contributed by atoms with Crippen molar-refractivity contribution < 1.29 is 18.0 Å². The van der Waals surface area contributed by atoms with Crippen LogP contribution in [0.5, 0.6) is 0 Å². The minimum Gasteiger partial charge on any atom is -0.354 e. The quantitative estimate of drug-likeness (QED) is 0.641. The first-order chi connectivity index (χ1) is 12.0. The monoisotopic (exact) mass is 402 g/mol. The second kappa shape index (κ2) is 8.81. The summed E-state index contributed by atoms with van der Waals surface area (Å²) in [5.74, 6) is -0.602. The van der Waals surface area contributed by atoms with E-state index < -0.39 is 10.0 Å². The van der Waals surface area contributed by atoms with Gasteiger partial charge in [-0.1, -0.05) is 6.07 Å². The highest BCUT2D eigenvalue weighted by Gasteiger charge is 2.29. The maximum atomic E-state index is 12.7. The molecule has 2 amide bonds. The van der Waals surface area contributed by atoms with Gasteiger partial charge in [-0.05, 0) is 44.1 Å². The van der Waals surface area contributed by atoms with Crippen LogP contribution >= 0.6 is 12.4 Å². The molecule has 10 heteroatoms. The zero-order valence-corrected chi connectivity index (χ0v) is 15.9. The summed E-state index contributed by atoms with van der Waals surface area (Å²) in [7, 11) is -3.80. The van der Waals surface area contributed by atoms with Crippen molar-refractivity contribution in [2.75, 3.05) is 32.7 Å². The number of carbonyl (C=O) groups is 2. The van der Waals surface area contributed by atoms with Gasteiger partial charge in [0, 0.05) is 24.7 Å². The third-order valence-corrected chi connectivity index (χ3v) is 6.25. The molecule has 2 aliphatic rings. The van der Waals surface area contributed by atoms with Gasteiger partial charge in [0.2, 0.25) is 15.9 Å². The van der Waals surface area contributed by atoms with Gasteiger partial charge in [0.1, 0.15) is 0 Å². The minimum atomic E-state index is -3.80. The Hall–Kier alpha value is -1.68. The van der Waals surface area contributed by atoms with E-state index >= 15 is 0 Å². The van der Waals surface area contributed by atoms with E-state index in [0.717, 1.165) is 30.2 Å². The molecule has 0 saturated carbocycles. The van der Waals surface area contributed by atoms with Crippen LogP contribution in [0.4, 0.5) is 0 Å². The van der Waals surface area contributed by atoms with E-state index in [1.54, 1.807) is 12.1 Å². The maximum absolute atomic E-state index is 12.7. The molecule has 2 saturated heterocycles. The molecule has 0 atom stereocenters. The van der Waals surface area contributed by atoms with E-state index in [1.807, 2.05) is 0 Å². The SMILES string of the molecule is Cl.O=C1CN(S(=O)(=O)c2cccc(C(=O)NC3CCNCC3)c2)CCN1. The number of nitrogens with zero attached hydrogens (tertiary/aromatic N) is 1. The number of halogens is 1. The predicted octanol–water partition coefficient (Wildman–Crippen LogP) is -0.289. The van der Waals surface area contributed by atoms with E-state index in [2.05, 4.69) is 16.0 Å². The molecule has 0 unspecified atom stereocenters. The van der Waals surface area contributed by atoms with Gasteiger partial charge in [0.15, 0.2) is 0 Å². The zero-order chi connectivity index (χ0) is 17.9. The van der Waals surface area contributed by atoms with Gasteiger partial charge in [-0.2, -0.15) is 4.31 Å². The minimum absolute atomic E-state index is 0. The lowest BCUT2D eigenvalue weighted by Gasteiger charge is -2.26. The largest absolute Gasteiger partial charge is 0.354 e. The molecule has 0 spiro atoms. The zero-order valence-electron chi connectivity index (χ0n) is 14.2. The van der Waals surface area contributed by atoms with Crippen LogP contribution in [0, 0.1) is 0 Å². The van der Waals surface area contributed by atoms with E-state index in [4.69, 9.17) is 0 Å². The lowest BCUT2D eigenvalue weighted by atomic mass is 10.1. The lowest BCUT2D eigenvalue weighted by molar-refractivity contribution is -0.122. The van der Waals surface area contributed by atoms with Crippen LogP contribution in [-0.2, 0) is 14.8 Å². The van der Waals surface area contributed by atoms with Gasteiger partial charge in [0.05, 0.1) is 11.4 Å². The maximum Gasteiger partial charge on any atom is 0.251 e. The van der Waals surface area contributed by atoms with Crippen LogP contribution in [0.3, 0.4) is 0 Å². The molecule has 26 heavy (non-hydrogen) atoms. The molecule has 0 radical (unpaired) electrons. The van der Waals surface area contributed by atoms with Crippen molar-refractivity contribution in [1.29, 1.82) is 0 Å². The molecule has 3 N–H and O–H groups in total. The molecule has 0 aromatic heterocycles. The molecule has 1 aromatic carbocycles. The summed E-state index contributed by atoms with van der Waals surface area (Å²) in [4.78, 5) is 23.9. The fourth-order valence-corrected chi connectivity index (χ4v) is 4.45. The molecule has 2 fully saturated rings. The Morgan fingerprint density at radius 2 is 1.92 bits per heavy atom. The van der Waals surface area contributed by atoms with Crippen LogP contribution in [0.1, 0.15) is 23.2 Å². The van der Waals surface area contributed by atoms with Crippen LogP contribution in [0.2, 0.25) is 0 Å². The van der Waals surface area contributed by atoms with Crippen LogP contribution in [0.25, 0.3) is 0 Å². The number of sulfonamides is 1. The average Bonchev–Trinajstić information content (AvgIpc) is 2.62. The summed E-state index contributed by atoms with van der Waals surface area (Å²) < 4.78 is 26.5. The number of nitrogens with one attached hydrogen (secondary N) is 3. The normalized spacial score (nSPS) is 19.3. The number of hydrogen-bond donors (Lipinski definition) is 3. The highest BCUT2D eigenvalue weighted by atomic mass is 35.5. The molecular formula is C16H23ClN4O4S. The smallest absolute Gasteiger partial charge is 0.251 e. The summed E-state index contributed by atoms with van der Waals surface area (Å²) in [6.45, 7) is 2.02. The van der Waals surface area contributed by atoms with Crippen LogP contribution in [0.15, 0.2) is 29.2 Å². The number of piperidine rings is 1. The van der Waals surface area contributed by atoms with Crippen molar-refractivity contribution >= 4 is 34.2 Å². The van der Waals surface area contributed by atoms with Gasteiger partial charge in [-0.25, -0.2) is 8.42 Å². The summed E-state index contributed by atoms with van der Waals surface area (Å²) in [6, 6.07) is 6.06. The third-order valence-electron chi connectivity index (χ3n) is 4.41. The Labute approximate surface area is 159 Å². The highest BCUT2D eigenvalue weighted by Crippen LogP contribution is 2.18. The molecule has 144 valence electrons. The number of rotatable bonds is 4. The van der Waals surface area contributed by atoms with E-state index in [0.29, 0.717) is 5.56 Å². The molecule has 0 bridgehead atoms. The van der Waals surface area contributed by atoms with E-state index in [-0.39, 0.29) is 54.8 Å². The van der Waals surface area contributed by atoms with Gasteiger partial charge in [-0.15, -0.1) is 12.4 Å². The Balaban J connectivity index is 0.00000243. The van der Waals surface area contributed by atoms with Gasteiger partial charge >= 0.3 is 0 Å². The molecule has 8 nitrogen and oxygen atoms in total. The lowest BCUT2D eigenvalue weighted by Crippen LogP contribution is -2.49. The highest BCUT2D eigenvalue weighted by molar-refractivity contribution is 7.89. The fraction of sp³-hybridized carbons (Fsp3) is 0.500. The van der Waals surface area contributed by atoms with Gasteiger partial charge < -0.3 is 16.0 Å². The Morgan fingerprint density at radius 1 is 1.19 bits per heavy atom. The topological polar surface area (TPSA) is 108 Å². The molecule has 0 aliphatic carbocycles. The third kappa shape index (κ3) is 4.73. The van der Waals surface area contributed by atoms with Crippen molar-refractivity contribution in [3.05, 3.63) is 29.8 Å². The van der Waals surface area contributed by atoms with Crippen LogP contribution < -0.4 is 16.0 Å². The molecule has 2 heterocycles. The van der Waals surface area contributed by atoms with Gasteiger partial charge in [0.25, 0.3) is 5.91 Å². The van der Waals surface area contributed by atoms with Crippen molar-refractivity contribution in [2.24, 2.45) is 0 Å². The number of piperazine rings is 1. The Morgan fingerprint density at radius 3 is 2.62 bits per heavy atom. The standard InChI is InChI=1S/C16H22N4O4S.ClH/c21-15-11-20(9-8-18-15)25(23,24)14-3-1-2-12(10-14)16(22)19-13-4-6-17-7-5-13;/h1-3,10,13,17H,4-9,11H2,(H,18,21)(H,19,22);1H. The second-order valence-electron chi connectivity index (χ2n) is 6.21. The van der Waals surface area contributed by atoms with Gasteiger partial charge in [-0.3, -0.25) is 9.59 Å². The van der Waals surface area contributed by atoms with Crippen molar-refractivity contribution in [3.8, 4) is 0 Å². The summed E-state index contributed by atoms with van der Waals surface area (Å²) in [6.07, 6.45) is 1.71. The van der Waals surface area contributed by atoms with Crippen molar-refractivity contribution in [1.82, 2.24) is 20.3 Å². The number of amides is 2. The molecular weight excluding hydrogens is 380 g/mol.